The molecule has 1 atom stereocenters. The van der Waals surface area contributed by atoms with Gasteiger partial charge in [0, 0.05) is 22.5 Å². The summed E-state index contributed by atoms with van der Waals surface area (Å²) >= 11 is 1.82. The number of benzene rings is 3. The molecular formula is C35H38N2O8S. The maximum atomic E-state index is 11.5. The van der Waals surface area contributed by atoms with Crippen LogP contribution in [0.15, 0.2) is 66.7 Å². The van der Waals surface area contributed by atoms with Crippen molar-refractivity contribution in [3.63, 3.8) is 0 Å². The summed E-state index contributed by atoms with van der Waals surface area (Å²) in [5.41, 5.74) is 3.67. The molecule has 1 unspecified atom stereocenters. The largest absolute Gasteiger partial charge is 0.493 e. The minimum atomic E-state index is -1.82. The zero-order valence-corrected chi connectivity index (χ0v) is 26.5. The number of carbonyl (C=O) groups excluding carboxylic acids is 1. The van der Waals surface area contributed by atoms with Gasteiger partial charge in [-0.15, -0.1) is 11.3 Å². The molecular weight excluding hydrogens is 608 g/mol. The van der Waals surface area contributed by atoms with Crippen LogP contribution in [0.5, 0.6) is 17.2 Å². The van der Waals surface area contributed by atoms with Crippen molar-refractivity contribution in [2.75, 3.05) is 40.0 Å². The molecule has 0 bridgehead atoms. The molecule has 242 valence electrons. The van der Waals surface area contributed by atoms with E-state index in [-0.39, 0.29) is 11.9 Å². The molecule has 2 saturated heterocycles. The summed E-state index contributed by atoms with van der Waals surface area (Å²) in [6.07, 6.45) is 4.79. The first-order chi connectivity index (χ1) is 22.3. The number of amides is 1. The van der Waals surface area contributed by atoms with Gasteiger partial charge in [0.25, 0.3) is 0 Å². The number of thiophene rings is 1. The molecule has 0 saturated carbocycles. The van der Waals surface area contributed by atoms with E-state index in [1.165, 1.54) is 57.6 Å². The van der Waals surface area contributed by atoms with Crippen LogP contribution in [0, 0.1) is 0 Å². The second-order valence-electron chi connectivity index (χ2n) is 11.2. The lowest BCUT2D eigenvalue weighted by Gasteiger charge is -2.17. The van der Waals surface area contributed by atoms with Gasteiger partial charge in [0.2, 0.25) is 5.91 Å². The summed E-state index contributed by atoms with van der Waals surface area (Å²) in [7, 11) is 1.71. The molecule has 2 fully saturated rings. The van der Waals surface area contributed by atoms with Crippen LogP contribution in [0.1, 0.15) is 36.8 Å². The standard InChI is InChI=1S/C33H36N2O4S.C2H2O4/c1-37-30-21-23(8-14-29(30)38-19-18-35-16-4-5-17-35)20-28-27-6-2-3-7-31(27)40-33(28)24-9-12-26(13-10-24)39-22-25-11-15-32(36)34-25;3-1(4)2(5)6/h2-3,6-10,12-14,21,25H,4-5,11,15-20,22H2,1H3,(H,34,36);(H,3,4)(H,5,6). The van der Waals surface area contributed by atoms with Crippen molar-refractivity contribution in [3.8, 4) is 27.7 Å². The number of aliphatic carboxylic acids is 2. The van der Waals surface area contributed by atoms with Crippen molar-refractivity contribution >= 4 is 39.3 Å². The highest BCUT2D eigenvalue weighted by Gasteiger charge is 2.21. The van der Waals surface area contributed by atoms with E-state index in [0.29, 0.717) is 19.6 Å². The summed E-state index contributed by atoms with van der Waals surface area (Å²) in [5.74, 6) is -1.14. The van der Waals surface area contributed by atoms with Gasteiger partial charge in [0.1, 0.15) is 19.0 Å². The predicted molar refractivity (Wildman–Crippen MR) is 176 cm³/mol. The zero-order valence-electron chi connectivity index (χ0n) is 25.7. The van der Waals surface area contributed by atoms with E-state index in [9.17, 15) is 4.79 Å². The third kappa shape index (κ3) is 8.55. The number of fused-ring (bicyclic) bond motifs is 1. The van der Waals surface area contributed by atoms with Crippen molar-refractivity contribution in [3.05, 3.63) is 77.9 Å². The Labute approximate surface area is 271 Å². The first-order valence-electron chi connectivity index (χ1n) is 15.3. The fourth-order valence-electron chi connectivity index (χ4n) is 5.65. The van der Waals surface area contributed by atoms with Crippen LogP contribution in [-0.2, 0) is 20.8 Å². The number of likely N-dealkylation sites (tertiary alicyclic amines) is 1. The Morgan fingerprint density at radius 1 is 0.957 bits per heavy atom. The average molecular weight is 647 g/mol. The Bertz CT molecular complexity index is 1650. The van der Waals surface area contributed by atoms with E-state index in [1.807, 2.05) is 29.5 Å². The molecule has 1 aromatic heterocycles. The lowest BCUT2D eigenvalue weighted by atomic mass is 9.98. The molecule has 4 aromatic rings. The number of carboxylic acids is 2. The summed E-state index contributed by atoms with van der Waals surface area (Å²) in [6.45, 7) is 4.47. The Morgan fingerprint density at radius 3 is 2.37 bits per heavy atom. The number of nitrogens with one attached hydrogen (secondary N) is 1. The summed E-state index contributed by atoms with van der Waals surface area (Å²) < 4.78 is 19.1. The van der Waals surface area contributed by atoms with Gasteiger partial charge >= 0.3 is 11.9 Å². The number of ether oxygens (including phenoxy) is 3. The van der Waals surface area contributed by atoms with E-state index >= 15 is 0 Å². The second kappa shape index (κ2) is 15.6. The average Bonchev–Trinajstić information content (AvgIpc) is 3.82. The van der Waals surface area contributed by atoms with Crippen LogP contribution < -0.4 is 19.5 Å². The predicted octanol–water partition coefficient (Wildman–Crippen LogP) is 5.46. The SMILES string of the molecule is COc1cc(Cc2c(-c3ccc(OCC4CCC(=O)N4)cc3)sc3ccccc23)ccc1OCCN1CCCC1.O=C(O)C(=O)O. The van der Waals surface area contributed by atoms with Crippen LogP contribution in [0.25, 0.3) is 20.5 Å². The van der Waals surface area contributed by atoms with Crippen LogP contribution in [0.2, 0.25) is 0 Å². The molecule has 3 heterocycles. The molecule has 46 heavy (non-hydrogen) atoms. The molecule has 0 spiro atoms. The topological polar surface area (TPSA) is 135 Å². The molecule has 6 rings (SSSR count). The van der Waals surface area contributed by atoms with Gasteiger partial charge < -0.3 is 29.7 Å². The Hall–Kier alpha value is -4.61. The summed E-state index contributed by atoms with van der Waals surface area (Å²) in [5, 5.41) is 19.0. The van der Waals surface area contributed by atoms with Gasteiger partial charge in [-0.1, -0.05) is 24.3 Å². The monoisotopic (exact) mass is 646 g/mol. The summed E-state index contributed by atoms with van der Waals surface area (Å²) in [6, 6.07) is 23.3. The lowest BCUT2D eigenvalue weighted by molar-refractivity contribution is -0.159. The quantitative estimate of drug-likeness (QED) is 0.182. The highest BCUT2D eigenvalue weighted by atomic mass is 32.1. The fraction of sp³-hybridized carbons (Fsp3) is 0.343. The number of rotatable bonds is 11. The number of nitrogens with zero attached hydrogens (tertiary/aromatic N) is 1. The first kappa shape index (κ1) is 32.8. The second-order valence-corrected chi connectivity index (χ2v) is 12.3. The van der Waals surface area contributed by atoms with Crippen molar-refractivity contribution < 1.29 is 38.8 Å². The van der Waals surface area contributed by atoms with Gasteiger partial charge in [-0.25, -0.2) is 9.59 Å². The van der Waals surface area contributed by atoms with Crippen LogP contribution in [0.4, 0.5) is 0 Å². The van der Waals surface area contributed by atoms with Crippen molar-refractivity contribution in [1.82, 2.24) is 10.2 Å². The Kier molecular flexibility index (Phi) is 11.1. The molecule has 0 radical (unpaired) electrons. The minimum Gasteiger partial charge on any atom is -0.493 e. The van der Waals surface area contributed by atoms with Crippen LogP contribution in [0.3, 0.4) is 0 Å². The number of hydrogen-bond acceptors (Lipinski definition) is 8. The van der Waals surface area contributed by atoms with E-state index in [0.717, 1.165) is 36.6 Å². The van der Waals surface area contributed by atoms with Gasteiger partial charge in [-0.2, -0.15) is 0 Å². The van der Waals surface area contributed by atoms with E-state index in [2.05, 4.69) is 58.7 Å². The van der Waals surface area contributed by atoms with Gasteiger partial charge in [-0.05, 0) is 103 Å². The van der Waals surface area contributed by atoms with Crippen molar-refractivity contribution in [1.29, 1.82) is 0 Å². The maximum absolute atomic E-state index is 11.5. The zero-order chi connectivity index (χ0) is 32.5. The fourth-order valence-corrected chi connectivity index (χ4v) is 6.87. The molecule has 0 aliphatic carbocycles. The Morgan fingerprint density at radius 2 is 1.70 bits per heavy atom. The normalized spacial score (nSPS) is 16.0. The molecule has 1 amide bonds. The molecule has 11 heteroatoms. The van der Waals surface area contributed by atoms with Crippen molar-refractivity contribution in [2.24, 2.45) is 0 Å². The molecule has 10 nitrogen and oxygen atoms in total. The minimum absolute atomic E-state index is 0.0974. The van der Waals surface area contributed by atoms with E-state index in [1.54, 1.807) is 7.11 Å². The van der Waals surface area contributed by atoms with Crippen molar-refractivity contribution in [2.45, 2.75) is 38.1 Å². The van der Waals surface area contributed by atoms with Crippen LogP contribution in [-0.4, -0.2) is 79.0 Å². The number of carboxylic acid groups (broad SMARTS) is 2. The van der Waals surface area contributed by atoms with E-state index < -0.39 is 11.9 Å². The third-order valence-electron chi connectivity index (χ3n) is 8.01. The number of methoxy groups -OCH3 is 1. The highest BCUT2D eigenvalue weighted by molar-refractivity contribution is 7.22. The molecule has 2 aliphatic rings. The maximum Gasteiger partial charge on any atom is 0.414 e. The molecule has 2 aliphatic heterocycles. The lowest BCUT2D eigenvalue weighted by Crippen LogP contribution is -2.30. The number of carbonyl (C=O) groups is 3. The smallest absolute Gasteiger partial charge is 0.414 e. The number of hydrogen-bond donors (Lipinski definition) is 3. The van der Waals surface area contributed by atoms with Crippen LogP contribution >= 0.6 is 11.3 Å². The first-order valence-corrected chi connectivity index (χ1v) is 16.1. The molecule has 3 N–H and O–H groups in total. The van der Waals surface area contributed by atoms with E-state index in [4.69, 9.17) is 34.0 Å². The van der Waals surface area contributed by atoms with Gasteiger partial charge in [-0.3, -0.25) is 9.69 Å². The van der Waals surface area contributed by atoms with Gasteiger partial charge in [0.15, 0.2) is 11.5 Å². The third-order valence-corrected chi connectivity index (χ3v) is 9.27. The summed E-state index contributed by atoms with van der Waals surface area (Å²) in [4.78, 5) is 33.4. The Balaban J connectivity index is 0.000000635. The molecule has 3 aromatic carbocycles. The highest BCUT2D eigenvalue weighted by Crippen LogP contribution is 2.41. The van der Waals surface area contributed by atoms with Gasteiger partial charge in [0.05, 0.1) is 13.2 Å².